The van der Waals surface area contributed by atoms with Crippen molar-refractivity contribution in [2.75, 3.05) is 13.2 Å². The number of amides is 2. The minimum Gasteiger partial charge on any atom is -0.484 e. The van der Waals surface area contributed by atoms with E-state index in [2.05, 4.69) is 21.2 Å². The number of hydrogen-bond acceptors (Lipinski definition) is 3. The highest BCUT2D eigenvalue weighted by Crippen LogP contribution is 2.26. The molecule has 1 N–H and O–H groups in total. The van der Waals surface area contributed by atoms with Crippen molar-refractivity contribution in [3.8, 4) is 5.75 Å². The van der Waals surface area contributed by atoms with Crippen LogP contribution in [0.4, 0.5) is 4.39 Å². The number of ether oxygens (including phenoxy) is 1. The van der Waals surface area contributed by atoms with Crippen molar-refractivity contribution >= 4 is 27.7 Å². The molecule has 2 amide bonds. The number of nitrogens with zero attached hydrogens (tertiary/aromatic N) is 1. The van der Waals surface area contributed by atoms with E-state index in [9.17, 15) is 14.0 Å². The molecule has 3 rings (SSSR count). The van der Waals surface area contributed by atoms with E-state index in [0.717, 1.165) is 34.0 Å². The molecule has 0 spiro atoms. The van der Waals surface area contributed by atoms with Crippen molar-refractivity contribution < 1.29 is 18.7 Å². The van der Waals surface area contributed by atoms with Gasteiger partial charge in [-0.2, -0.15) is 0 Å². The molecule has 0 aliphatic rings. The van der Waals surface area contributed by atoms with Gasteiger partial charge in [0.05, 0.1) is 0 Å². The first-order valence-corrected chi connectivity index (χ1v) is 13.3. The number of benzene rings is 3. The average Bonchev–Trinajstić information content (AvgIpc) is 2.89. The first-order chi connectivity index (χ1) is 17.8. The standard InChI is InChI=1S/C30H34BrFN2O3/c1-4-5-15-33-30(36)27(18-23-11-7-6-8-12-23)34(19-24-13-9-10-14-26(24)32)28(35)20-37-25-16-21(2)29(31)22(3)17-25/h6-14,16-17,27H,4-5,15,18-20H2,1-3H3,(H,33,36)/t27-/m0/s1. The molecule has 0 aliphatic heterocycles. The van der Waals surface area contributed by atoms with E-state index >= 15 is 0 Å². The van der Waals surface area contributed by atoms with E-state index in [-0.39, 0.29) is 19.1 Å². The molecule has 3 aromatic carbocycles. The van der Waals surface area contributed by atoms with Gasteiger partial charge in [-0.1, -0.05) is 77.8 Å². The van der Waals surface area contributed by atoms with Gasteiger partial charge in [0.1, 0.15) is 17.6 Å². The highest BCUT2D eigenvalue weighted by Gasteiger charge is 2.31. The zero-order valence-electron chi connectivity index (χ0n) is 21.6. The van der Waals surface area contributed by atoms with Gasteiger partial charge in [0.25, 0.3) is 5.91 Å². The molecular weight excluding hydrogens is 535 g/mol. The number of unbranched alkanes of at least 4 members (excludes halogenated alkanes) is 1. The van der Waals surface area contributed by atoms with Crippen molar-refractivity contribution in [2.24, 2.45) is 0 Å². The summed E-state index contributed by atoms with van der Waals surface area (Å²) in [6.45, 7) is 6.13. The summed E-state index contributed by atoms with van der Waals surface area (Å²) in [4.78, 5) is 28.5. The monoisotopic (exact) mass is 568 g/mol. The van der Waals surface area contributed by atoms with Crippen molar-refractivity contribution in [2.45, 2.75) is 52.6 Å². The van der Waals surface area contributed by atoms with Crippen LogP contribution < -0.4 is 10.1 Å². The van der Waals surface area contributed by atoms with Gasteiger partial charge in [-0.25, -0.2) is 4.39 Å². The van der Waals surface area contributed by atoms with Gasteiger partial charge in [0.15, 0.2) is 6.61 Å². The normalized spacial score (nSPS) is 11.6. The predicted octanol–water partition coefficient (Wildman–Crippen LogP) is 6.14. The number of halogens is 2. The van der Waals surface area contributed by atoms with Crippen LogP contribution in [0.15, 0.2) is 71.2 Å². The zero-order valence-corrected chi connectivity index (χ0v) is 23.2. The first kappa shape index (κ1) is 28.4. The zero-order chi connectivity index (χ0) is 26.8. The highest BCUT2D eigenvalue weighted by atomic mass is 79.9. The SMILES string of the molecule is CCCCNC(=O)[C@H](Cc1ccccc1)N(Cc1ccccc1F)C(=O)COc1cc(C)c(Br)c(C)c1. The highest BCUT2D eigenvalue weighted by molar-refractivity contribution is 9.10. The van der Waals surface area contributed by atoms with E-state index in [4.69, 9.17) is 4.74 Å². The van der Waals surface area contributed by atoms with E-state index in [1.165, 1.54) is 11.0 Å². The van der Waals surface area contributed by atoms with Crippen molar-refractivity contribution in [3.05, 3.63) is 99.3 Å². The van der Waals surface area contributed by atoms with Crippen molar-refractivity contribution in [1.82, 2.24) is 10.2 Å². The van der Waals surface area contributed by atoms with E-state index in [1.54, 1.807) is 18.2 Å². The van der Waals surface area contributed by atoms with Crippen LogP contribution >= 0.6 is 15.9 Å². The second-order valence-corrected chi connectivity index (χ2v) is 9.92. The molecule has 0 heterocycles. The minimum absolute atomic E-state index is 0.0496. The molecule has 7 heteroatoms. The number of aryl methyl sites for hydroxylation is 2. The Labute approximate surface area is 227 Å². The van der Waals surface area contributed by atoms with Gasteiger partial charge in [0, 0.05) is 29.5 Å². The average molecular weight is 570 g/mol. The molecule has 0 radical (unpaired) electrons. The van der Waals surface area contributed by atoms with E-state index in [0.29, 0.717) is 24.3 Å². The number of rotatable bonds is 12. The molecule has 196 valence electrons. The van der Waals surface area contributed by atoms with Crippen LogP contribution in [0.5, 0.6) is 5.75 Å². The molecular formula is C30H34BrFN2O3. The fourth-order valence-corrected chi connectivity index (χ4v) is 4.32. The summed E-state index contributed by atoms with van der Waals surface area (Å²) >= 11 is 3.54. The lowest BCUT2D eigenvalue weighted by atomic mass is 10.0. The fraction of sp³-hybridized carbons (Fsp3) is 0.333. The summed E-state index contributed by atoms with van der Waals surface area (Å²) in [7, 11) is 0. The third-order valence-corrected chi connectivity index (χ3v) is 7.42. The van der Waals surface area contributed by atoms with Crippen LogP contribution in [0.2, 0.25) is 0 Å². The number of hydrogen-bond donors (Lipinski definition) is 1. The maximum Gasteiger partial charge on any atom is 0.261 e. The maximum atomic E-state index is 14.7. The van der Waals surface area contributed by atoms with Gasteiger partial charge in [0.2, 0.25) is 5.91 Å². The topological polar surface area (TPSA) is 58.6 Å². The third-order valence-electron chi connectivity index (χ3n) is 6.17. The van der Waals surface area contributed by atoms with Crippen molar-refractivity contribution in [3.63, 3.8) is 0 Å². The van der Waals surface area contributed by atoms with Crippen molar-refractivity contribution in [1.29, 1.82) is 0 Å². The van der Waals surface area contributed by atoms with E-state index in [1.807, 2.05) is 63.2 Å². The summed E-state index contributed by atoms with van der Waals surface area (Å²) in [5, 5.41) is 2.96. The Hall–Kier alpha value is -3.19. The second-order valence-electron chi connectivity index (χ2n) is 9.12. The van der Waals surface area contributed by atoms with Crippen LogP contribution in [0.3, 0.4) is 0 Å². The summed E-state index contributed by atoms with van der Waals surface area (Å²) in [6, 6.07) is 18.7. The molecule has 37 heavy (non-hydrogen) atoms. The molecule has 1 atom stereocenters. The number of nitrogens with one attached hydrogen (secondary N) is 1. The molecule has 3 aromatic rings. The predicted molar refractivity (Wildman–Crippen MR) is 148 cm³/mol. The molecule has 0 fully saturated rings. The molecule has 5 nitrogen and oxygen atoms in total. The Balaban J connectivity index is 1.91. The van der Waals surface area contributed by atoms with Crippen LogP contribution in [0, 0.1) is 19.7 Å². The Bertz CT molecular complexity index is 1180. The largest absolute Gasteiger partial charge is 0.484 e. The molecule has 0 unspecified atom stereocenters. The van der Waals surface area contributed by atoms with Gasteiger partial charge >= 0.3 is 0 Å². The lowest BCUT2D eigenvalue weighted by Crippen LogP contribution is -2.52. The first-order valence-electron chi connectivity index (χ1n) is 12.5. The van der Waals surface area contributed by atoms with Gasteiger partial charge < -0.3 is 15.0 Å². The number of carbonyl (C=O) groups excluding carboxylic acids is 2. The van der Waals surface area contributed by atoms with Gasteiger partial charge in [-0.05, 0) is 55.2 Å². The molecule has 0 aromatic heterocycles. The quantitative estimate of drug-likeness (QED) is 0.267. The fourth-order valence-electron chi connectivity index (χ4n) is 4.09. The Kier molecular flexibility index (Phi) is 10.7. The summed E-state index contributed by atoms with van der Waals surface area (Å²) in [5.74, 6) is -0.528. The minimum atomic E-state index is -0.830. The Morgan fingerprint density at radius 2 is 1.68 bits per heavy atom. The number of carbonyl (C=O) groups is 2. The maximum absolute atomic E-state index is 14.7. The van der Waals surface area contributed by atoms with E-state index < -0.39 is 17.8 Å². The smallest absolute Gasteiger partial charge is 0.261 e. The van der Waals surface area contributed by atoms with Gasteiger partial charge in [-0.3, -0.25) is 9.59 Å². The molecule has 0 aliphatic carbocycles. The lowest BCUT2D eigenvalue weighted by Gasteiger charge is -2.31. The van der Waals surface area contributed by atoms with Crippen LogP contribution in [-0.2, 0) is 22.6 Å². The summed E-state index contributed by atoms with van der Waals surface area (Å²) in [6.07, 6.45) is 2.06. The second kappa shape index (κ2) is 13.9. The molecule has 0 saturated carbocycles. The summed E-state index contributed by atoms with van der Waals surface area (Å²) in [5.41, 5.74) is 3.22. The Morgan fingerprint density at radius 3 is 2.32 bits per heavy atom. The third kappa shape index (κ3) is 8.15. The van der Waals surface area contributed by atoms with Gasteiger partial charge in [-0.15, -0.1) is 0 Å². The lowest BCUT2D eigenvalue weighted by molar-refractivity contribution is -0.142. The molecule has 0 saturated heterocycles. The Morgan fingerprint density at radius 1 is 1.03 bits per heavy atom. The molecule has 0 bridgehead atoms. The van der Waals surface area contributed by atoms with Crippen LogP contribution in [0.1, 0.15) is 42.0 Å². The van der Waals surface area contributed by atoms with Crippen LogP contribution in [0.25, 0.3) is 0 Å². The van der Waals surface area contributed by atoms with Crippen LogP contribution in [-0.4, -0.2) is 35.9 Å². The summed E-state index contributed by atoms with van der Waals surface area (Å²) < 4.78 is 21.5.